The van der Waals surface area contributed by atoms with E-state index in [0.29, 0.717) is 6.54 Å². The van der Waals surface area contributed by atoms with Crippen molar-refractivity contribution in [2.45, 2.75) is 58.4 Å². The minimum Gasteiger partial charge on any atom is -0.369 e. The van der Waals surface area contributed by atoms with Crippen LogP contribution in [0.3, 0.4) is 0 Å². The van der Waals surface area contributed by atoms with Crippen molar-refractivity contribution >= 4 is 17.5 Å². The number of benzene rings is 1. The molecule has 1 atom stereocenters. The Balaban J connectivity index is 1.09. The normalized spacial score (nSPS) is 31.5. The highest BCUT2D eigenvalue weighted by atomic mass is 16.2. The molecule has 5 aliphatic rings. The molecule has 5 fully saturated rings. The number of hydrogen-bond acceptors (Lipinski definition) is 4. The maximum atomic E-state index is 13.5. The molecule has 0 unspecified atom stereocenters. The Morgan fingerprint density at radius 1 is 0.941 bits per heavy atom. The summed E-state index contributed by atoms with van der Waals surface area (Å²) in [7, 11) is 0. The molecule has 6 nitrogen and oxygen atoms in total. The van der Waals surface area contributed by atoms with Crippen molar-refractivity contribution in [2.75, 3.05) is 44.2 Å². The molecule has 1 aromatic rings. The van der Waals surface area contributed by atoms with E-state index in [1.807, 2.05) is 13.8 Å². The van der Waals surface area contributed by atoms with Crippen LogP contribution < -0.4 is 15.5 Å². The summed E-state index contributed by atoms with van der Waals surface area (Å²) < 4.78 is 0. The molecule has 4 aliphatic carbocycles. The molecule has 0 spiro atoms. The number of para-hydroxylation sites is 1. The van der Waals surface area contributed by atoms with Crippen LogP contribution in [0, 0.1) is 29.1 Å². The first-order chi connectivity index (χ1) is 16.4. The fourth-order valence-electron chi connectivity index (χ4n) is 7.53. The smallest absolute Gasteiger partial charge is 0.242 e. The lowest BCUT2D eigenvalue weighted by molar-refractivity contribution is -0.149. The van der Waals surface area contributed by atoms with Gasteiger partial charge in [0.2, 0.25) is 11.8 Å². The summed E-state index contributed by atoms with van der Waals surface area (Å²) in [6.45, 7) is 9.56. The number of nitrogens with one attached hydrogen (secondary N) is 2. The van der Waals surface area contributed by atoms with Crippen LogP contribution in [0.25, 0.3) is 0 Å². The van der Waals surface area contributed by atoms with Gasteiger partial charge in [-0.2, -0.15) is 0 Å². The molecule has 2 amide bonds. The highest BCUT2D eigenvalue weighted by Gasteiger charge is 2.55. The Kier molecular flexibility index (Phi) is 6.88. The first-order valence-electron chi connectivity index (χ1n) is 13.5. The predicted octanol–water partition coefficient (Wildman–Crippen LogP) is 3.28. The highest BCUT2D eigenvalue weighted by molar-refractivity contribution is 5.90. The van der Waals surface area contributed by atoms with E-state index >= 15 is 0 Å². The standard InChI is InChI=1S/C28H42N4O2/c1-20(2)25(30-27(34)28-17-21-14-22(18-28)16-23(15-21)19-28)26(33)29-8-9-31-10-12-32(13-11-31)24-6-4-3-5-7-24/h3-7,20-23,25H,8-19H2,1-2H3,(H,29,33)(H,30,34)/t21?,22?,23?,25-,28?/m0/s1. The van der Waals surface area contributed by atoms with Gasteiger partial charge in [-0.1, -0.05) is 32.0 Å². The number of carbonyl (C=O) groups excluding carboxylic acids is 2. The lowest BCUT2D eigenvalue weighted by Gasteiger charge is -2.55. The SMILES string of the molecule is CC(C)[C@H](NC(=O)C12CC3CC(CC(C3)C1)C2)C(=O)NCCN1CCN(c2ccccc2)CC1. The number of nitrogens with zero attached hydrogens (tertiary/aromatic N) is 2. The first-order valence-corrected chi connectivity index (χ1v) is 13.5. The second-order valence-electron chi connectivity index (χ2n) is 11.8. The van der Waals surface area contributed by atoms with Gasteiger partial charge in [0, 0.05) is 50.4 Å². The van der Waals surface area contributed by atoms with E-state index in [1.54, 1.807) is 0 Å². The van der Waals surface area contributed by atoms with Crippen LogP contribution in [-0.2, 0) is 9.59 Å². The van der Waals surface area contributed by atoms with Crippen LogP contribution in [0.2, 0.25) is 0 Å². The predicted molar refractivity (Wildman–Crippen MR) is 135 cm³/mol. The fraction of sp³-hybridized carbons (Fsp3) is 0.714. The molecule has 0 radical (unpaired) electrons. The summed E-state index contributed by atoms with van der Waals surface area (Å²) in [6, 6.07) is 10.1. The number of amides is 2. The molecule has 6 heteroatoms. The third-order valence-corrected chi connectivity index (χ3v) is 8.98. The largest absolute Gasteiger partial charge is 0.369 e. The molecule has 0 aromatic heterocycles. The molecule has 34 heavy (non-hydrogen) atoms. The Morgan fingerprint density at radius 3 is 2.09 bits per heavy atom. The number of anilines is 1. The highest BCUT2D eigenvalue weighted by Crippen LogP contribution is 2.60. The van der Waals surface area contributed by atoms with Crippen molar-refractivity contribution < 1.29 is 9.59 Å². The van der Waals surface area contributed by atoms with Gasteiger partial charge in [0.25, 0.3) is 0 Å². The summed E-state index contributed by atoms with van der Waals surface area (Å²) >= 11 is 0. The summed E-state index contributed by atoms with van der Waals surface area (Å²) in [4.78, 5) is 31.4. The van der Waals surface area contributed by atoms with Crippen molar-refractivity contribution in [1.82, 2.24) is 15.5 Å². The zero-order valence-corrected chi connectivity index (χ0v) is 21.0. The number of carbonyl (C=O) groups is 2. The lowest BCUT2D eigenvalue weighted by atomic mass is 9.49. The summed E-state index contributed by atoms with van der Waals surface area (Å²) in [5.41, 5.74) is 1.07. The van der Waals surface area contributed by atoms with Crippen molar-refractivity contribution in [3.8, 4) is 0 Å². The average molecular weight is 467 g/mol. The fourth-order valence-corrected chi connectivity index (χ4v) is 7.53. The van der Waals surface area contributed by atoms with Gasteiger partial charge in [0.05, 0.1) is 0 Å². The van der Waals surface area contributed by atoms with E-state index in [0.717, 1.165) is 69.7 Å². The Labute approximate surface area is 204 Å². The lowest BCUT2D eigenvalue weighted by Crippen LogP contribution is -2.58. The minimum absolute atomic E-state index is 0.0315. The number of rotatable bonds is 8. The molecule has 1 aromatic carbocycles. The maximum absolute atomic E-state index is 13.5. The van der Waals surface area contributed by atoms with E-state index in [-0.39, 0.29) is 23.1 Å². The number of piperazine rings is 1. The molecule has 1 aliphatic heterocycles. The van der Waals surface area contributed by atoms with E-state index in [9.17, 15) is 9.59 Å². The molecule has 186 valence electrons. The second-order valence-corrected chi connectivity index (χ2v) is 11.8. The van der Waals surface area contributed by atoms with Gasteiger partial charge in [0.15, 0.2) is 0 Å². The van der Waals surface area contributed by atoms with Crippen LogP contribution in [0.15, 0.2) is 30.3 Å². The van der Waals surface area contributed by atoms with Crippen LogP contribution >= 0.6 is 0 Å². The summed E-state index contributed by atoms with van der Waals surface area (Å²) in [5, 5.41) is 6.34. The summed E-state index contributed by atoms with van der Waals surface area (Å²) in [6.07, 6.45) is 7.06. The van der Waals surface area contributed by atoms with Crippen LogP contribution in [-0.4, -0.2) is 62.0 Å². The molecule has 4 saturated carbocycles. The molecule has 1 heterocycles. The van der Waals surface area contributed by atoms with Crippen molar-refractivity contribution in [1.29, 1.82) is 0 Å². The quantitative estimate of drug-likeness (QED) is 0.617. The van der Waals surface area contributed by atoms with Gasteiger partial charge >= 0.3 is 0 Å². The third kappa shape index (κ3) is 4.98. The molecule has 1 saturated heterocycles. The van der Waals surface area contributed by atoms with Crippen molar-refractivity contribution in [2.24, 2.45) is 29.1 Å². The summed E-state index contributed by atoms with van der Waals surface area (Å²) in [5.74, 6) is 2.38. The average Bonchev–Trinajstić information content (AvgIpc) is 2.82. The van der Waals surface area contributed by atoms with E-state index < -0.39 is 6.04 Å². The van der Waals surface area contributed by atoms with Gasteiger partial charge in [0.1, 0.15) is 6.04 Å². The van der Waals surface area contributed by atoms with E-state index in [1.165, 1.54) is 24.9 Å². The monoisotopic (exact) mass is 466 g/mol. The number of hydrogen-bond donors (Lipinski definition) is 2. The third-order valence-electron chi connectivity index (χ3n) is 8.98. The van der Waals surface area contributed by atoms with Gasteiger partial charge in [-0.25, -0.2) is 0 Å². The maximum Gasteiger partial charge on any atom is 0.242 e. The van der Waals surface area contributed by atoms with Gasteiger partial charge in [-0.05, 0) is 74.3 Å². The van der Waals surface area contributed by atoms with Gasteiger partial charge < -0.3 is 15.5 Å². The first kappa shape index (κ1) is 23.7. The van der Waals surface area contributed by atoms with E-state index in [4.69, 9.17) is 0 Å². The zero-order valence-electron chi connectivity index (χ0n) is 21.0. The Morgan fingerprint density at radius 2 is 1.53 bits per heavy atom. The minimum atomic E-state index is -0.449. The molecular formula is C28H42N4O2. The van der Waals surface area contributed by atoms with Gasteiger partial charge in [-0.3, -0.25) is 14.5 Å². The molecular weight excluding hydrogens is 424 g/mol. The molecule has 4 bridgehead atoms. The molecule has 6 rings (SSSR count). The van der Waals surface area contributed by atoms with Crippen LogP contribution in [0.4, 0.5) is 5.69 Å². The van der Waals surface area contributed by atoms with Gasteiger partial charge in [-0.15, -0.1) is 0 Å². The van der Waals surface area contributed by atoms with Crippen molar-refractivity contribution in [3.05, 3.63) is 30.3 Å². The Hall–Kier alpha value is -2.08. The zero-order chi connectivity index (χ0) is 23.7. The van der Waals surface area contributed by atoms with Crippen LogP contribution in [0.1, 0.15) is 52.4 Å². The topological polar surface area (TPSA) is 64.7 Å². The molecule has 2 N–H and O–H groups in total. The van der Waals surface area contributed by atoms with E-state index in [2.05, 4.69) is 50.8 Å². The van der Waals surface area contributed by atoms with Crippen molar-refractivity contribution in [3.63, 3.8) is 0 Å². The second kappa shape index (κ2) is 9.88. The van der Waals surface area contributed by atoms with Crippen LogP contribution in [0.5, 0.6) is 0 Å². The Bertz CT molecular complexity index is 827.